The number of hydrogen-bond acceptors (Lipinski definition) is 7. The molecule has 9 nitrogen and oxygen atoms in total. The fourth-order valence-electron chi connectivity index (χ4n) is 4.72. The van der Waals surface area contributed by atoms with Gasteiger partial charge in [-0.3, -0.25) is 14.4 Å². The van der Waals surface area contributed by atoms with Gasteiger partial charge in [0.2, 0.25) is 0 Å². The van der Waals surface area contributed by atoms with Crippen LogP contribution in [0.5, 0.6) is 0 Å². The van der Waals surface area contributed by atoms with Crippen LogP contribution >= 0.6 is 11.3 Å². The summed E-state index contributed by atoms with van der Waals surface area (Å²) >= 11 is 1.64. The molecule has 39 heavy (non-hydrogen) atoms. The van der Waals surface area contributed by atoms with Gasteiger partial charge in [0.15, 0.2) is 5.65 Å². The fourth-order valence-corrected chi connectivity index (χ4v) is 5.42. The number of nitrogens with zero attached hydrogens (tertiary/aromatic N) is 7. The molecule has 0 bridgehead atoms. The lowest BCUT2D eigenvalue weighted by molar-refractivity contribution is 0.0938. The lowest BCUT2D eigenvalue weighted by atomic mass is 10.1. The second kappa shape index (κ2) is 11.9. The van der Waals surface area contributed by atoms with E-state index in [1.807, 2.05) is 52.8 Å². The van der Waals surface area contributed by atoms with Crippen molar-refractivity contribution in [1.82, 2.24) is 39.6 Å². The molecule has 0 aliphatic rings. The Balaban J connectivity index is 1.54. The third-order valence-electron chi connectivity index (χ3n) is 6.88. The summed E-state index contributed by atoms with van der Waals surface area (Å²) in [6.07, 6.45) is 8.42. The molecule has 5 heterocycles. The van der Waals surface area contributed by atoms with E-state index in [-0.39, 0.29) is 11.9 Å². The Hall–Kier alpha value is -3.89. The maximum atomic E-state index is 13.4. The van der Waals surface area contributed by atoms with Crippen LogP contribution < -0.4 is 5.32 Å². The monoisotopic (exact) mass is 542 g/mol. The lowest BCUT2D eigenvalue weighted by Gasteiger charge is -2.26. The average molecular weight is 543 g/mol. The lowest BCUT2D eigenvalue weighted by Crippen LogP contribution is -2.42. The smallest absolute Gasteiger partial charge is 0.251 e. The van der Waals surface area contributed by atoms with Crippen LogP contribution in [0.3, 0.4) is 0 Å². The number of carbonyl (C=O) groups excluding carboxylic acids is 1. The summed E-state index contributed by atoms with van der Waals surface area (Å²) in [5.74, 6) is -0.136. The molecule has 1 unspecified atom stereocenters. The van der Waals surface area contributed by atoms with Crippen LogP contribution in [0.1, 0.15) is 44.5 Å². The van der Waals surface area contributed by atoms with E-state index in [0.29, 0.717) is 29.1 Å². The molecule has 0 saturated heterocycles. The van der Waals surface area contributed by atoms with Crippen molar-refractivity contribution in [3.8, 4) is 33.1 Å². The Morgan fingerprint density at radius 3 is 2.62 bits per heavy atom. The third-order valence-corrected chi connectivity index (χ3v) is 7.77. The highest BCUT2D eigenvalue weighted by molar-refractivity contribution is 7.13. The second-order valence-corrected chi connectivity index (χ2v) is 10.5. The predicted octanol–water partition coefficient (Wildman–Crippen LogP) is 5.25. The summed E-state index contributed by atoms with van der Waals surface area (Å²) in [6.45, 7) is 11.8. The average Bonchev–Trinajstić information content (AvgIpc) is 3.73. The molecule has 202 valence electrons. The number of fused-ring (bicyclic) bond motifs is 1. The summed E-state index contributed by atoms with van der Waals surface area (Å²) in [4.78, 5) is 26.7. The van der Waals surface area contributed by atoms with Crippen molar-refractivity contribution in [3.05, 3.63) is 66.1 Å². The van der Waals surface area contributed by atoms with Crippen LogP contribution in [-0.4, -0.2) is 65.8 Å². The fraction of sp³-hybridized carbons (Fsp3) is 0.345. The van der Waals surface area contributed by atoms with Gasteiger partial charge in [0.05, 0.1) is 39.9 Å². The molecule has 1 N–H and O–H groups in total. The van der Waals surface area contributed by atoms with E-state index in [1.165, 1.54) is 0 Å². The van der Waals surface area contributed by atoms with Gasteiger partial charge in [0, 0.05) is 42.7 Å². The van der Waals surface area contributed by atoms with Gasteiger partial charge in [-0.25, -0.2) is 14.5 Å². The highest BCUT2D eigenvalue weighted by Gasteiger charge is 2.18. The molecule has 0 aliphatic carbocycles. The first-order valence-corrected chi connectivity index (χ1v) is 14.3. The van der Waals surface area contributed by atoms with Crippen LogP contribution in [0.25, 0.3) is 38.7 Å². The van der Waals surface area contributed by atoms with Crippen LogP contribution in [0.2, 0.25) is 0 Å². The zero-order valence-electron chi connectivity index (χ0n) is 22.8. The number of aryl methyl sites for hydroxylation is 1. The summed E-state index contributed by atoms with van der Waals surface area (Å²) in [6, 6.07) is 9.92. The van der Waals surface area contributed by atoms with Crippen molar-refractivity contribution in [2.45, 2.75) is 46.7 Å². The van der Waals surface area contributed by atoms with Gasteiger partial charge < -0.3 is 5.32 Å². The molecule has 0 saturated carbocycles. The number of amides is 1. The van der Waals surface area contributed by atoms with Crippen molar-refractivity contribution in [1.29, 1.82) is 0 Å². The van der Waals surface area contributed by atoms with Crippen molar-refractivity contribution >= 4 is 22.9 Å². The van der Waals surface area contributed by atoms with Gasteiger partial charge in [0.1, 0.15) is 0 Å². The Kier molecular flexibility index (Phi) is 8.13. The quantitative estimate of drug-likeness (QED) is 0.245. The summed E-state index contributed by atoms with van der Waals surface area (Å²) in [5, 5.41) is 14.2. The highest BCUT2D eigenvalue weighted by Crippen LogP contribution is 2.29. The van der Waals surface area contributed by atoms with Crippen LogP contribution in [-0.2, 0) is 6.54 Å². The van der Waals surface area contributed by atoms with E-state index < -0.39 is 0 Å². The third kappa shape index (κ3) is 5.76. The van der Waals surface area contributed by atoms with Crippen molar-refractivity contribution < 1.29 is 4.79 Å². The van der Waals surface area contributed by atoms with E-state index in [4.69, 9.17) is 9.97 Å². The summed E-state index contributed by atoms with van der Waals surface area (Å²) < 4.78 is 3.64. The standard InChI is InChI=1S/C29H34N8OS/c1-5-11-36-19-22(17-31-36)25-14-21(29(38)30-16-20(4)35(6-2)7-3)15-26(33-25)23-18-32-37-12-10-24(34-28(23)37)27-9-8-13-39-27/h8-10,12-15,17-20H,5-7,11,16H2,1-4H3,(H,30,38). The number of carbonyl (C=O) groups is 1. The van der Waals surface area contributed by atoms with Gasteiger partial charge in [-0.05, 0) is 56.1 Å². The van der Waals surface area contributed by atoms with E-state index in [0.717, 1.165) is 47.8 Å². The van der Waals surface area contributed by atoms with Crippen molar-refractivity contribution in [2.75, 3.05) is 19.6 Å². The SMILES string of the molecule is CCCn1cc(-c2cc(C(=O)NCC(C)N(CC)CC)cc(-c3cnn4ccc(-c5cccs5)nc34)n2)cn1. The number of nitrogens with one attached hydrogen (secondary N) is 1. The second-order valence-electron chi connectivity index (χ2n) is 9.52. The summed E-state index contributed by atoms with van der Waals surface area (Å²) in [5.41, 5.74) is 5.06. The highest BCUT2D eigenvalue weighted by atomic mass is 32.1. The molecule has 1 atom stereocenters. The number of thiophene rings is 1. The zero-order chi connectivity index (χ0) is 27.4. The Morgan fingerprint density at radius 1 is 1.05 bits per heavy atom. The number of aromatic nitrogens is 6. The van der Waals surface area contributed by atoms with E-state index >= 15 is 0 Å². The van der Waals surface area contributed by atoms with Crippen molar-refractivity contribution in [3.63, 3.8) is 0 Å². The molecule has 5 aromatic rings. The van der Waals surface area contributed by atoms with Gasteiger partial charge in [-0.2, -0.15) is 10.2 Å². The molecule has 10 heteroatoms. The van der Waals surface area contributed by atoms with E-state index in [1.54, 1.807) is 28.2 Å². The molecule has 1 amide bonds. The minimum Gasteiger partial charge on any atom is -0.350 e. The molecule has 0 spiro atoms. The van der Waals surface area contributed by atoms with E-state index in [9.17, 15) is 4.79 Å². The Labute approximate surface area is 232 Å². The van der Waals surface area contributed by atoms with Gasteiger partial charge >= 0.3 is 0 Å². The van der Waals surface area contributed by atoms with Gasteiger partial charge in [-0.15, -0.1) is 11.3 Å². The minimum absolute atomic E-state index is 0.136. The van der Waals surface area contributed by atoms with Crippen LogP contribution in [0.15, 0.2) is 60.5 Å². The first kappa shape index (κ1) is 26.7. The number of rotatable bonds is 11. The van der Waals surface area contributed by atoms with Crippen molar-refractivity contribution in [2.24, 2.45) is 0 Å². The Morgan fingerprint density at radius 2 is 1.87 bits per heavy atom. The van der Waals surface area contributed by atoms with Crippen LogP contribution in [0.4, 0.5) is 0 Å². The first-order valence-electron chi connectivity index (χ1n) is 13.5. The maximum absolute atomic E-state index is 13.4. The molecular weight excluding hydrogens is 508 g/mol. The number of likely N-dealkylation sites (N-methyl/N-ethyl adjacent to an activating group) is 1. The normalized spacial score (nSPS) is 12.3. The van der Waals surface area contributed by atoms with E-state index in [2.05, 4.69) is 48.1 Å². The van der Waals surface area contributed by atoms with Gasteiger partial charge in [-0.1, -0.05) is 26.8 Å². The largest absolute Gasteiger partial charge is 0.350 e. The molecular formula is C29H34N8OS. The zero-order valence-corrected chi connectivity index (χ0v) is 23.6. The van der Waals surface area contributed by atoms with Gasteiger partial charge in [0.25, 0.3) is 5.91 Å². The topological polar surface area (TPSA) is 93.2 Å². The molecule has 0 aromatic carbocycles. The predicted molar refractivity (Wildman–Crippen MR) is 156 cm³/mol. The Bertz CT molecular complexity index is 1550. The first-order chi connectivity index (χ1) is 19.0. The van der Waals surface area contributed by atoms with Crippen LogP contribution in [0, 0.1) is 0 Å². The number of pyridine rings is 1. The number of hydrogen-bond donors (Lipinski definition) is 1. The molecule has 0 radical (unpaired) electrons. The molecule has 0 aliphatic heterocycles. The molecule has 5 aromatic heterocycles. The minimum atomic E-state index is -0.136. The summed E-state index contributed by atoms with van der Waals surface area (Å²) in [7, 11) is 0. The maximum Gasteiger partial charge on any atom is 0.251 e. The molecule has 5 rings (SSSR count). The molecule has 0 fully saturated rings.